The van der Waals surface area contributed by atoms with Gasteiger partial charge in [0, 0.05) is 0 Å². The second-order valence-corrected chi connectivity index (χ2v) is 8.65. The Labute approximate surface area is 124 Å². The third-order valence-corrected chi connectivity index (χ3v) is 7.85. The SMILES string of the molecule is CC12C=CCC1C1CCC3CNCCCC3(C)C1CC2. The Bertz CT molecular complexity index is 414. The molecule has 1 nitrogen and oxygen atoms in total. The number of hydrogen-bond acceptors (Lipinski definition) is 1. The summed E-state index contributed by atoms with van der Waals surface area (Å²) in [6.45, 7) is 7.75. The largest absolute Gasteiger partial charge is 0.316 e. The molecule has 1 heteroatoms. The first-order valence-electron chi connectivity index (χ1n) is 9.02. The molecule has 4 rings (SSSR count). The molecule has 0 spiro atoms. The lowest BCUT2D eigenvalue weighted by Gasteiger charge is -2.58. The summed E-state index contributed by atoms with van der Waals surface area (Å²) in [6, 6.07) is 0. The number of fused-ring (bicyclic) bond motifs is 5. The topological polar surface area (TPSA) is 12.0 Å². The van der Waals surface area contributed by atoms with E-state index in [0.717, 1.165) is 23.7 Å². The maximum absolute atomic E-state index is 3.71. The molecule has 4 aliphatic rings. The van der Waals surface area contributed by atoms with Gasteiger partial charge in [-0.3, -0.25) is 0 Å². The maximum atomic E-state index is 3.71. The van der Waals surface area contributed by atoms with Crippen LogP contribution in [0, 0.1) is 34.5 Å². The van der Waals surface area contributed by atoms with Gasteiger partial charge in [0.1, 0.15) is 0 Å². The Kier molecular flexibility index (Phi) is 3.07. The highest BCUT2D eigenvalue weighted by Crippen LogP contribution is 2.63. The lowest BCUT2D eigenvalue weighted by molar-refractivity contribution is -0.0794. The van der Waals surface area contributed by atoms with Gasteiger partial charge < -0.3 is 5.32 Å². The summed E-state index contributed by atoms with van der Waals surface area (Å²) in [5.41, 5.74) is 1.18. The lowest BCUT2D eigenvalue weighted by Crippen LogP contribution is -2.51. The molecular formula is C19H31N. The van der Waals surface area contributed by atoms with Gasteiger partial charge in [-0.2, -0.15) is 0 Å². The number of allylic oxidation sites excluding steroid dienone is 2. The average Bonchev–Trinajstić information content (AvgIpc) is 2.71. The number of rotatable bonds is 0. The lowest BCUT2D eigenvalue weighted by atomic mass is 9.47. The van der Waals surface area contributed by atoms with E-state index in [1.165, 1.54) is 58.0 Å². The Balaban J connectivity index is 1.64. The smallest absolute Gasteiger partial charge is 0.00152 e. The maximum Gasteiger partial charge on any atom is -0.00152 e. The number of hydrogen-bond donors (Lipinski definition) is 1. The minimum absolute atomic E-state index is 0.549. The summed E-state index contributed by atoms with van der Waals surface area (Å²) in [5.74, 6) is 3.95. The zero-order valence-electron chi connectivity index (χ0n) is 13.3. The fraction of sp³-hybridized carbons (Fsp3) is 0.895. The monoisotopic (exact) mass is 273 g/mol. The van der Waals surface area contributed by atoms with Crippen LogP contribution in [0.3, 0.4) is 0 Å². The van der Waals surface area contributed by atoms with Crippen molar-refractivity contribution in [3.8, 4) is 0 Å². The van der Waals surface area contributed by atoms with E-state index in [1.807, 2.05) is 0 Å². The molecule has 1 saturated heterocycles. The van der Waals surface area contributed by atoms with Gasteiger partial charge in [-0.15, -0.1) is 0 Å². The van der Waals surface area contributed by atoms with Gasteiger partial charge in [0.2, 0.25) is 0 Å². The summed E-state index contributed by atoms with van der Waals surface area (Å²) < 4.78 is 0. The molecule has 20 heavy (non-hydrogen) atoms. The van der Waals surface area contributed by atoms with Crippen molar-refractivity contribution in [2.75, 3.05) is 13.1 Å². The van der Waals surface area contributed by atoms with Crippen LogP contribution in [-0.2, 0) is 0 Å². The van der Waals surface area contributed by atoms with Crippen molar-refractivity contribution < 1.29 is 0 Å². The van der Waals surface area contributed by atoms with E-state index in [-0.39, 0.29) is 0 Å². The van der Waals surface area contributed by atoms with E-state index < -0.39 is 0 Å². The Morgan fingerprint density at radius 3 is 2.85 bits per heavy atom. The van der Waals surface area contributed by atoms with Gasteiger partial charge in [0.25, 0.3) is 0 Å². The molecule has 0 aromatic carbocycles. The first-order valence-corrected chi connectivity index (χ1v) is 9.02. The normalized spacial score (nSPS) is 54.7. The van der Waals surface area contributed by atoms with E-state index in [0.29, 0.717) is 10.8 Å². The van der Waals surface area contributed by atoms with Crippen LogP contribution in [0.5, 0.6) is 0 Å². The van der Waals surface area contributed by atoms with Crippen molar-refractivity contribution in [1.82, 2.24) is 5.32 Å². The fourth-order valence-electron chi connectivity index (χ4n) is 6.61. The van der Waals surface area contributed by atoms with E-state index in [1.54, 1.807) is 0 Å². The fourth-order valence-corrected chi connectivity index (χ4v) is 6.61. The molecule has 6 atom stereocenters. The van der Waals surface area contributed by atoms with Crippen molar-refractivity contribution in [2.24, 2.45) is 34.5 Å². The van der Waals surface area contributed by atoms with Crippen LogP contribution < -0.4 is 5.32 Å². The minimum atomic E-state index is 0.549. The molecule has 112 valence electrons. The highest BCUT2D eigenvalue weighted by atomic mass is 14.9. The molecule has 0 aromatic heterocycles. The highest BCUT2D eigenvalue weighted by molar-refractivity contribution is 5.16. The van der Waals surface area contributed by atoms with Crippen molar-refractivity contribution >= 4 is 0 Å². The van der Waals surface area contributed by atoms with E-state index in [2.05, 4.69) is 31.3 Å². The van der Waals surface area contributed by atoms with Crippen LogP contribution in [0.2, 0.25) is 0 Å². The second-order valence-electron chi connectivity index (χ2n) is 8.65. The molecule has 1 N–H and O–H groups in total. The van der Waals surface area contributed by atoms with Gasteiger partial charge in [-0.25, -0.2) is 0 Å². The van der Waals surface area contributed by atoms with E-state index in [4.69, 9.17) is 0 Å². The molecule has 6 unspecified atom stereocenters. The van der Waals surface area contributed by atoms with Crippen LogP contribution in [0.4, 0.5) is 0 Å². The van der Waals surface area contributed by atoms with Gasteiger partial charge in [0.15, 0.2) is 0 Å². The molecule has 0 bridgehead atoms. The third-order valence-electron chi connectivity index (χ3n) is 7.85. The summed E-state index contributed by atoms with van der Waals surface area (Å²) in [6.07, 6.45) is 15.2. The molecular weight excluding hydrogens is 242 g/mol. The summed E-state index contributed by atoms with van der Waals surface area (Å²) >= 11 is 0. The minimum Gasteiger partial charge on any atom is -0.316 e. The van der Waals surface area contributed by atoms with Gasteiger partial charge in [0.05, 0.1) is 0 Å². The van der Waals surface area contributed by atoms with E-state index in [9.17, 15) is 0 Å². The molecule has 0 amide bonds. The molecule has 1 heterocycles. The van der Waals surface area contributed by atoms with Crippen molar-refractivity contribution in [3.05, 3.63) is 12.2 Å². The molecule has 2 saturated carbocycles. The Morgan fingerprint density at radius 1 is 1.05 bits per heavy atom. The van der Waals surface area contributed by atoms with Crippen LogP contribution in [0.25, 0.3) is 0 Å². The highest BCUT2D eigenvalue weighted by Gasteiger charge is 2.55. The Morgan fingerprint density at radius 2 is 1.95 bits per heavy atom. The zero-order valence-corrected chi connectivity index (χ0v) is 13.3. The third kappa shape index (κ3) is 1.78. The van der Waals surface area contributed by atoms with Gasteiger partial charge in [-0.05, 0) is 92.5 Å². The van der Waals surface area contributed by atoms with Crippen molar-refractivity contribution in [2.45, 2.75) is 58.8 Å². The van der Waals surface area contributed by atoms with Crippen LogP contribution in [0.15, 0.2) is 12.2 Å². The molecule has 0 radical (unpaired) electrons. The van der Waals surface area contributed by atoms with Crippen molar-refractivity contribution in [3.63, 3.8) is 0 Å². The summed E-state index contributed by atoms with van der Waals surface area (Å²) in [5, 5.41) is 3.71. The van der Waals surface area contributed by atoms with Crippen LogP contribution in [-0.4, -0.2) is 13.1 Å². The predicted octanol–water partition coefficient (Wildman–Crippen LogP) is 4.39. The van der Waals surface area contributed by atoms with Crippen molar-refractivity contribution in [1.29, 1.82) is 0 Å². The first-order chi connectivity index (χ1) is 9.63. The predicted molar refractivity (Wildman–Crippen MR) is 84.5 cm³/mol. The zero-order chi connectivity index (χ0) is 13.8. The van der Waals surface area contributed by atoms with E-state index >= 15 is 0 Å². The standard InChI is InChI=1S/C19H31N/c1-18-9-3-5-16(18)15-7-6-14-13-20-12-4-10-19(14,2)17(15)8-11-18/h3,9,14-17,20H,4-8,10-13H2,1-2H3. The number of nitrogens with one attached hydrogen (secondary N) is 1. The average molecular weight is 273 g/mol. The molecule has 3 fully saturated rings. The Hall–Kier alpha value is -0.300. The van der Waals surface area contributed by atoms with Crippen LogP contribution >= 0.6 is 0 Å². The van der Waals surface area contributed by atoms with Gasteiger partial charge >= 0.3 is 0 Å². The second kappa shape index (κ2) is 4.60. The first kappa shape index (κ1) is 13.4. The summed E-state index contributed by atoms with van der Waals surface area (Å²) in [4.78, 5) is 0. The quantitative estimate of drug-likeness (QED) is 0.645. The molecule has 1 aliphatic heterocycles. The molecule has 3 aliphatic carbocycles. The van der Waals surface area contributed by atoms with Gasteiger partial charge in [-0.1, -0.05) is 26.0 Å². The van der Waals surface area contributed by atoms with Crippen LogP contribution in [0.1, 0.15) is 58.8 Å². The summed E-state index contributed by atoms with van der Waals surface area (Å²) in [7, 11) is 0. The molecule has 0 aromatic rings.